The van der Waals surface area contributed by atoms with Gasteiger partial charge in [0.15, 0.2) is 0 Å². The Morgan fingerprint density at radius 1 is 1.17 bits per heavy atom. The second-order valence-electron chi connectivity index (χ2n) is 5.62. The van der Waals surface area contributed by atoms with Gasteiger partial charge in [0.25, 0.3) is 5.56 Å². The summed E-state index contributed by atoms with van der Waals surface area (Å²) in [6.45, 7) is 4.05. The molecule has 1 N–H and O–H groups in total. The number of unbranched alkanes of at least 4 members (excludes halogenated alkanes) is 3. The highest BCUT2D eigenvalue weighted by Crippen LogP contribution is 2.26. The molecule has 0 bridgehead atoms. The van der Waals surface area contributed by atoms with Gasteiger partial charge in [0.05, 0.1) is 0 Å². The number of aromatic nitrogens is 1. The van der Waals surface area contributed by atoms with Crippen LogP contribution in [0, 0.1) is 18.3 Å². The first-order valence-electron chi connectivity index (χ1n) is 8.03. The minimum absolute atomic E-state index is 0.176. The maximum atomic E-state index is 11.9. The van der Waals surface area contributed by atoms with E-state index in [0.717, 1.165) is 17.0 Å². The molecule has 3 nitrogen and oxygen atoms in total. The average molecular weight is 326 g/mol. The Kier molecular flexibility index (Phi) is 6.49. The molecule has 0 spiro atoms. The minimum Gasteiger partial charge on any atom is -0.325 e. The standard InChI is InChI=1S/C19H22N2OS/c1-3-4-5-6-11-23-16-9-7-15(8-10-16)17-12-14(2)21-19(22)18(17)13-20/h7-10,12H,3-6,11H2,1-2H3,(H,21,22). The molecule has 0 aliphatic rings. The van der Waals surface area contributed by atoms with Gasteiger partial charge in [-0.15, -0.1) is 11.8 Å². The van der Waals surface area contributed by atoms with Crippen molar-refractivity contribution in [3.63, 3.8) is 0 Å². The van der Waals surface area contributed by atoms with Crippen molar-refractivity contribution in [1.29, 1.82) is 5.26 Å². The molecule has 1 aromatic heterocycles. The zero-order chi connectivity index (χ0) is 16.7. The lowest BCUT2D eigenvalue weighted by Crippen LogP contribution is -2.12. The molecule has 0 aliphatic carbocycles. The van der Waals surface area contributed by atoms with Gasteiger partial charge in [0.1, 0.15) is 11.6 Å². The summed E-state index contributed by atoms with van der Waals surface area (Å²) in [5, 5.41) is 9.22. The van der Waals surface area contributed by atoms with Crippen molar-refractivity contribution in [3.05, 3.63) is 51.9 Å². The summed E-state index contributed by atoms with van der Waals surface area (Å²) in [6.07, 6.45) is 5.10. The third-order valence-electron chi connectivity index (χ3n) is 3.71. The number of H-pyrrole nitrogens is 1. The molecule has 2 rings (SSSR count). The third-order valence-corrected chi connectivity index (χ3v) is 4.81. The summed E-state index contributed by atoms with van der Waals surface area (Å²) in [4.78, 5) is 15.8. The fourth-order valence-electron chi connectivity index (χ4n) is 2.48. The van der Waals surface area contributed by atoms with Crippen LogP contribution in [0.5, 0.6) is 0 Å². The summed E-state index contributed by atoms with van der Waals surface area (Å²) >= 11 is 1.86. The lowest BCUT2D eigenvalue weighted by molar-refractivity contribution is 0.706. The van der Waals surface area contributed by atoms with Gasteiger partial charge in [-0.05, 0) is 42.9 Å². The predicted octanol–water partition coefficient (Wildman–Crippen LogP) is 4.89. The highest BCUT2D eigenvalue weighted by Gasteiger charge is 2.10. The molecule has 120 valence electrons. The molecule has 0 unspecified atom stereocenters. The average Bonchev–Trinajstić information content (AvgIpc) is 2.54. The van der Waals surface area contributed by atoms with Gasteiger partial charge in [0, 0.05) is 16.2 Å². The van der Waals surface area contributed by atoms with Gasteiger partial charge in [-0.3, -0.25) is 4.79 Å². The summed E-state index contributed by atoms with van der Waals surface area (Å²) in [5.41, 5.74) is 2.23. The molecule has 4 heteroatoms. The van der Waals surface area contributed by atoms with Gasteiger partial charge in [-0.2, -0.15) is 5.26 Å². The van der Waals surface area contributed by atoms with Crippen molar-refractivity contribution in [1.82, 2.24) is 4.98 Å². The molecule has 0 saturated heterocycles. The van der Waals surface area contributed by atoms with Crippen LogP contribution in [0.3, 0.4) is 0 Å². The SMILES string of the molecule is CCCCCCSc1ccc(-c2cc(C)[nH]c(=O)c2C#N)cc1. The van der Waals surface area contributed by atoms with Crippen molar-refractivity contribution in [3.8, 4) is 17.2 Å². The van der Waals surface area contributed by atoms with Crippen LogP contribution in [0.4, 0.5) is 0 Å². The number of hydrogen-bond donors (Lipinski definition) is 1. The van der Waals surface area contributed by atoms with Gasteiger partial charge in [0.2, 0.25) is 0 Å². The minimum atomic E-state index is -0.322. The van der Waals surface area contributed by atoms with E-state index in [-0.39, 0.29) is 11.1 Å². The number of pyridine rings is 1. The summed E-state index contributed by atoms with van der Waals surface area (Å²) in [6, 6.07) is 12.0. The number of benzene rings is 1. The van der Waals surface area contributed by atoms with Crippen LogP contribution in [0.2, 0.25) is 0 Å². The third kappa shape index (κ3) is 4.74. The molecular weight excluding hydrogens is 304 g/mol. The zero-order valence-corrected chi connectivity index (χ0v) is 14.5. The molecule has 23 heavy (non-hydrogen) atoms. The Hall–Kier alpha value is -1.99. The van der Waals surface area contributed by atoms with Crippen molar-refractivity contribution < 1.29 is 0 Å². The first-order valence-corrected chi connectivity index (χ1v) is 9.01. The summed E-state index contributed by atoms with van der Waals surface area (Å²) < 4.78 is 0. The smallest absolute Gasteiger partial charge is 0.266 e. The van der Waals surface area contributed by atoms with Gasteiger partial charge >= 0.3 is 0 Å². The van der Waals surface area contributed by atoms with E-state index in [2.05, 4.69) is 24.0 Å². The maximum Gasteiger partial charge on any atom is 0.266 e. The van der Waals surface area contributed by atoms with Crippen molar-refractivity contribution >= 4 is 11.8 Å². The van der Waals surface area contributed by atoms with E-state index in [9.17, 15) is 10.1 Å². The molecule has 2 aromatic rings. The van der Waals surface area contributed by atoms with Crippen LogP contribution in [0.25, 0.3) is 11.1 Å². The van der Waals surface area contributed by atoms with Crippen LogP contribution in [-0.2, 0) is 0 Å². The number of aryl methyl sites for hydroxylation is 1. The number of aromatic amines is 1. The van der Waals surface area contributed by atoms with E-state index < -0.39 is 0 Å². The molecule has 1 aromatic carbocycles. The fourth-order valence-corrected chi connectivity index (χ4v) is 3.39. The quantitative estimate of drug-likeness (QED) is 0.582. The van der Waals surface area contributed by atoms with E-state index in [1.807, 2.05) is 43.0 Å². The highest BCUT2D eigenvalue weighted by molar-refractivity contribution is 7.99. The zero-order valence-electron chi connectivity index (χ0n) is 13.7. The number of nitriles is 1. The molecule has 0 fully saturated rings. The Labute approximate surface area is 141 Å². The van der Waals surface area contributed by atoms with E-state index in [0.29, 0.717) is 5.56 Å². The van der Waals surface area contributed by atoms with Crippen LogP contribution >= 0.6 is 11.8 Å². The Morgan fingerprint density at radius 2 is 1.91 bits per heavy atom. The summed E-state index contributed by atoms with van der Waals surface area (Å²) in [7, 11) is 0. The van der Waals surface area contributed by atoms with Gasteiger partial charge in [-0.1, -0.05) is 38.3 Å². The number of hydrogen-bond acceptors (Lipinski definition) is 3. The number of rotatable bonds is 7. The van der Waals surface area contributed by atoms with Crippen molar-refractivity contribution in [2.45, 2.75) is 44.4 Å². The van der Waals surface area contributed by atoms with Gasteiger partial charge < -0.3 is 4.98 Å². The van der Waals surface area contributed by atoms with Crippen LogP contribution in [0.15, 0.2) is 40.0 Å². The summed E-state index contributed by atoms with van der Waals surface area (Å²) in [5.74, 6) is 1.13. The first kappa shape index (κ1) is 17.4. The second kappa shape index (κ2) is 8.59. The van der Waals surface area contributed by atoms with Crippen LogP contribution < -0.4 is 5.56 Å². The first-order chi connectivity index (χ1) is 11.2. The molecular formula is C19H22N2OS. The number of nitrogens with zero attached hydrogens (tertiary/aromatic N) is 1. The Morgan fingerprint density at radius 3 is 2.57 bits per heavy atom. The molecule has 0 atom stereocenters. The second-order valence-corrected chi connectivity index (χ2v) is 6.78. The largest absolute Gasteiger partial charge is 0.325 e. The molecule has 1 heterocycles. The molecule has 0 saturated carbocycles. The van der Waals surface area contributed by atoms with Crippen molar-refractivity contribution in [2.75, 3.05) is 5.75 Å². The predicted molar refractivity (Wildman–Crippen MR) is 96.8 cm³/mol. The Bertz CT molecular complexity index is 741. The topological polar surface area (TPSA) is 56.6 Å². The number of thioether (sulfide) groups is 1. The lowest BCUT2D eigenvalue weighted by Gasteiger charge is -2.07. The van der Waals surface area contributed by atoms with Crippen molar-refractivity contribution in [2.24, 2.45) is 0 Å². The van der Waals surface area contributed by atoms with E-state index >= 15 is 0 Å². The molecule has 0 amide bonds. The maximum absolute atomic E-state index is 11.9. The van der Waals surface area contributed by atoms with E-state index in [1.54, 1.807) is 0 Å². The molecule has 0 radical (unpaired) electrons. The van der Waals surface area contributed by atoms with E-state index in [4.69, 9.17) is 0 Å². The monoisotopic (exact) mass is 326 g/mol. The fraction of sp³-hybridized carbons (Fsp3) is 0.368. The van der Waals surface area contributed by atoms with E-state index in [1.165, 1.54) is 30.6 Å². The number of nitrogens with one attached hydrogen (secondary N) is 1. The van der Waals surface area contributed by atoms with Crippen LogP contribution in [0.1, 0.15) is 43.9 Å². The van der Waals surface area contributed by atoms with Gasteiger partial charge in [-0.25, -0.2) is 0 Å². The molecule has 0 aliphatic heterocycles. The normalized spacial score (nSPS) is 10.5. The highest BCUT2D eigenvalue weighted by atomic mass is 32.2. The lowest BCUT2D eigenvalue weighted by atomic mass is 10.0. The Balaban J connectivity index is 2.11. The van der Waals surface area contributed by atoms with Crippen LogP contribution in [-0.4, -0.2) is 10.7 Å².